The van der Waals surface area contributed by atoms with E-state index in [1.165, 1.54) is 18.4 Å². The first kappa shape index (κ1) is 21.4. The third-order valence-electron chi connectivity index (χ3n) is 6.13. The molecule has 0 unspecified atom stereocenters. The van der Waals surface area contributed by atoms with Crippen molar-refractivity contribution in [1.29, 1.82) is 0 Å². The van der Waals surface area contributed by atoms with Gasteiger partial charge in [-0.15, -0.1) is 0 Å². The molecular weight excluding hydrogens is 388 g/mol. The van der Waals surface area contributed by atoms with Crippen LogP contribution in [0.4, 0.5) is 22.1 Å². The molecule has 0 bridgehead atoms. The molecule has 0 atom stereocenters. The Hall–Kier alpha value is -2.83. The number of piperazine rings is 1. The average Bonchev–Trinajstić information content (AvgIpc) is 3.28. The van der Waals surface area contributed by atoms with Gasteiger partial charge in [-0.2, -0.15) is 0 Å². The molecule has 0 spiro atoms. The SMILES string of the molecule is Cc1nc(N2CCCC2)cc(N2CCN(C(=O)Nc3ccc(C(C)(C)C)cc3)CC2)n1. The van der Waals surface area contributed by atoms with Crippen molar-refractivity contribution < 1.29 is 4.79 Å². The molecule has 3 heterocycles. The maximum Gasteiger partial charge on any atom is 0.321 e. The minimum Gasteiger partial charge on any atom is -0.356 e. The zero-order chi connectivity index (χ0) is 22.0. The molecule has 1 N–H and O–H groups in total. The molecule has 2 aliphatic rings. The predicted octanol–water partition coefficient (Wildman–Crippen LogP) is 4.04. The third-order valence-corrected chi connectivity index (χ3v) is 6.13. The lowest BCUT2D eigenvalue weighted by Gasteiger charge is -2.35. The number of nitrogens with one attached hydrogen (secondary N) is 1. The molecule has 0 saturated carbocycles. The monoisotopic (exact) mass is 422 g/mol. The van der Waals surface area contributed by atoms with Crippen LogP contribution in [0.5, 0.6) is 0 Å². The molecule has 0 radical (unpaired) electrons. The summed E-state index contributed by atoms with van der Waals surface area (Å²) in [5.41, 5.74) is 2.20. The number of urea groups is 1. The van der Waals surface area contributed by atoms with Crippen molar-refractivity contribution in [2.24, 2.45) is 0 Å². The van der Waals surface area contributed by atoms with Crippen LogP contribution in [0, 0.1) is 6.92 Å². The van der Waals surface area contributed by atoms with Gasteiger partial charge in [-0.25, -0.2) is 14.8 Å². The highest BCUT2D eigenvalue weighted by Gasteiger charge is 2.24. The highest BCUT2D eigenvalue weighted by molar-refractivity contribution is 5.89. The van der Waals surface area contributed by atoms with Gasteiger partial charge in [0.2, 0.25) is 0 Å². The topological polar surface area (TPSA) is 64.6 Å². The van der Waals surface area contributed by atoms with Crippen molar-refractivity contribution in [2.75, 3.05) is 54.4 Å². The molecule has 7 nitrogen and oxygen atoms in total. The lowest BCUT2D eigenvalue weighted by Crippen LogP contribution is -2.50. The van der Waals surface area contributed by atoms with Gasteiger partial charge in [0.05, 0.1) is 0 Å². The molecule has 0 aliphatic carbocycles. The van der Waals surface area contributed by atoms with Crippen molar-refractivity contribution in [3.63, 3.8) is 0 Å². The van der Waals surface area contributed by atoms with Gasteiger partial charge in [-0.3, -0.25) is 0 Å². The first-order valence-electron chi connectivity index (χ1n) is 11.3. The fourth-order valence-electron chi connectivity index (χ4n) is 4.20. The minimum absolute atomic E-state index is 0.0419. The highest BCUT2D eigenvalue weighted by atomic mass is 16.2. The van der Waals surface area contributed by atoms with Crippen molar-refractivity contribution in [2.45, 2.75) is 46.0 Å². The molecule has 7 heteroatoms. The van der Waals surface area contributed by atoms with Gasteiger partial charge in [-0.05, 0) is 42.9 Å². The molecular formula is C24H34N6O. The Balaban J connectivity index is 1.35. The molecule has 166 valence electrons. The Kier molecular flexibility index (Phi) is 6.03. The predicted molar refractivity (Wildman–Crippen MR) is 126 cm³/mol. The number of aromatic nitrogens is 2. The number of amides is 2. The zero-order valence-electron chi connectivity index (χ0n) is 19.2. The summed E-state index contributed by atoms with van der Waals surface area (Å²) in [4.78, 5) is 28.5. The fraction of sp³-hybridized carbons (Fsp3) is 0.542. The summed E-state index contributed by atoms with van der Waals surface area (Å²) in [6.45, 7) is 13.5. The average molecular weight is 423 g/mol. The van der Waals surface area contributed by atoms with Gasteiger partial charge in [0.1, 0.15) is 17.5 Å². The van der Waals surface area contributed by atoms with E-state index in [-0.39, 0.29) is 11.4 Å². The van der Waals surface area contributed by atoms with E-state index in [9.17, 15) is 4.79 Å². The van der Waals surface area contributed by atoms with E-state index in [1.807, 2.05) is 24.0 Å². The molecule has 2 amide bonds. The Bertz CT molecular complexity index is 907. The maximum atomic E-state index is 12.7. The molecule has 2 fully saturated rings. The summed E-state index contributed by atoms with van der Waals surface area (Å²) in [7, 11) is 0. The quantitative estimate of drug-likeness (QED) is 0.809. The zero-order valence-corrected chi connectivity index (χ0v) is 19.2. The molecule has 1 aromatic carbocycles. The van der Waals surface area contributed by atoms with Gasteiger partial charge in [-0.1, -0.05) is 32.9 Å². The van der Waals surface area contributed by atoms with Gasteiger partial charge in [0.25, 0.3) is 0 Å². The van der Waals surface area contributed by atoms with Gasteiger partial charge in [0.15, 0.2) is 0 Å². The summed E-state index contributed by atoms with van der Waals surface area (Å²) >= 11 is 0. The van der Waals surface area contributed by atoms with Gasteiger partial charge in [0, 0.05) is 51.0 Å². The van der Waals surface area contributed by atoms with E-state index in [0.717, 1.165) is 49.3 Å². The van der Waals surface area contributed by atoms with E-state index < -0.39 is 0 Å². The second-order valence-corrected chi connectivity index (χ2v) is 9.56. The number of hydrogen-bond donors (Lipinski definition) is 1. The van der Waals surface area contributed by atoms with Gasteiger partial charge < -0.3 is 20.0 Å². The largest absolute Gasteiger partial charge is 0.356 e. The summed E-state index contributed by atoms with van der Waals surface area (Å²) in [6.07, 6.45) is 2.45. The standard InChI is InChI=1S/C24H34N6O/c1-18-25-21(28-11-5-6-12-28)17-22(26-18)29-13-15-30(16-14-29)23(31)27-20-9-7-19(8-10-20)24(2,3)4/h7-10,17H,5-6,11-16H2,1-4H3,(H,27,31). The lowest BCUT2D eigenvalue weighted by molar-refractivity contribution is 0.208. The summed E-state index contributed by atoms with van der Waals surface area (Å²) in [5.74, 6) is 2.80. The number of aryl methyl sites for hydroxylation is 1. The van der Waals surface area contributed by atoms with Crippen LogP contribution >= 0.6 is 0 Å². The van der Waals surface area contributed by atoms with Crippen molar-refractivity contribution in [3.05, 3.63) is 41.7 Å². The number of anilines is 3. The molecule has 2 aliphatic heterocycles. The molecule has 31 heavy (non-hydrogen) atoms. The maximum absolute atomic E-state index is 12.7. The summed E-state index contributed by atoms with van der Waals surface area (Å²) in [5, 5.41) is 3.04. The van der Waals surface area contributed by atoms with Crippen LogP contribution in [-0.2, 0) is 5.41 Å². The lowest BCUT2D eigenvalue weighted by atomic mass is 9.87. The van der Waals surface area contributed by atoms with Crippen LogP contribution in [0.1, 0.15) is 45.0 Å². The van der Waals surface area contributed by atoms with Crippen molar-refractivity contribution in [3.8, 4) is 0 Å². The van der Waals surface area contributed by atoms with Crippen LogP contribution in [0.15, 0.2) is 30.3 Å². The number of carbonyl (C=O) groups excluding carboxylic acids is 1. The number of benzene rings is 1. The van der Waals surface area contributed by atoms with Crippen LogP contribution < -0.4 is 15.1 Å². The number of rotatable bonds is 3. The Morgan fingerprint density at radius 3 is 1.97 bits per heavy atom. The van der Waals surface area contributed by atoms with E-state index in [2.05, 4.69) is 64.1 Å². The van der Waals surface area contributed by atoms with Crippen molar-refractivity contribution >= 4 is 23.4 Å². The van der Waals surface area contributed by atoms with Crippen LogP contribution in [0.2, 0.25) is 0 Å². The smallest absolute Gasteiger partial charge is 0.321 e. The molecule has 2 saturated heterocycles. The highest BCUT2D eigenvalue weighted by Crippen LogP contribution is 2.25. The third kappa shape index (κ3) is 5.09. The molecule has 2 aromatic rings. The van der Waals surface area contributed by atoms with Crippen LogP contribution in [-0.4, -0.2) is 60.2 Å². The first-order valence-corrected chi connectivity index (χ1v) is 11.3. The first-order chi connectivity index (χ1) is 14.8. The Morgan fingerprint density at radius 2 is 1.42 bits per heavy atom. The summed E-state index contributed by atoms with van der Waals surface area (Å²) < 4.78 is 0. The van der Waals surface area contributed by atoms with E-state index in [1.54, 1.807) is 0 Å². The normalized spacial score (nSPS) is 17.2. The Morgan fingerprint density at radius 1 is 0.871 bits per heavy atom. The second-order valence-electron chi connectivity index (χ2n) is 9.56. The van der Waals surface area contributed by atoms with Crippen molar-refractivity contribution in [1.82, 2.24) is 14.9 Å². The number of carbonyl (C=O) groups is 1. The van der Waals surface area contributed by atoms with Crippen LogP contribution in [0.3, 0.4) is 0 Å². The summed E-state index contributed by atoms with van der Waals surface area (Å²) in [6, 6.07) is 10.2. The molecule has 4 rings (SSSR count). The second kappa shape index (κ2) is 8.73. The molecule has 1 aromatic heterocycles. The fourth-order valence-corrected chi connectivity index (χ4v) is 4.20. The van der Waals surface area contributed by atoms with Crippen LogP contribution in [0.25, 0.3) is 0 Å². The van der Waals surface area contributed by atoms with E-state index in [0.29, 0.717) is 13.1 Å². The minimum atomic E-state index is -0.0419. The van der Waals surface area contributed by atoms with E-state index in [4.69, 9.17) is 0 Å². The number of nitrogens with zero attached hydrogens (tertiary/aromatic N) is 5. The van der Waals surface area contributed by atoms with E-state index >= 15 is 0 Å². The van der Waals surface area contributed by atoms with Gasteiger partial charge >= 0.3 is 6.03 Å². The Labute approximate surface area is 185 Å². The number of hydrogen-bond acceptors (Lipinski definition) is 5.